The van der Waals surface area contributed by atoms with E-state index in [-0.39, 0.29) is 5.41 Å². The second-order valence-electron chi connectivity index (χ2n) is 21.4. The maximum atomic E-state index is 4.19. The second-order valence-corrected chi connectivity index (χ2v) is 32.6. The molecule has 1 aromatic heterocycles. The zero-order valence-electron chi connectivity index (χ0n) is 41.9. The van der Waals surface area contributed by atoms with Crippen molar-refractivity contribution in [3.8, 4) is 45.2 Å². The maximum Gasteiger partial charge on any atom is 0.145 e. The van der Waals surface area contributed by atoms with Gasteiger partial charge in [-0.15, -0.1) is 22.9 Å². The van der Waals surface area contributed by atoms with E-state index in [0.717, 1.165) is 19.4 Å². The Balaban J connectivity index is 1.59. The van der Waals surface area contributed by atoms with Crippen molar-refractivity contribution in [1.82, 2.24) is 4.57 Å². The fourth-order valence-electron chi connectivity index (χ4n) is 12.6. The summed E-state index contributed by atoms with van der Waals surface area (Å²) in [6.07, 6.45) is 6.63. The van der Waals surface area contributed by atoms with Crippen molar-refractivity contribution in [3.05, 3.63) is 95.1 Å². The molecule has 1 atom stereocenters. The van der Waals surface area contributed by atoms with Crippen LogP contribution >= 0.6 is 0 Å². The molecule has 1 nitrogen and oxygen atoms in total. The minimum atomic E-state index is -1.96. The molecule has 6 rings (SSSR count). The fourth-order valence-corrected chi connectivity index (χ4v) is 23.1. The number of benzene rings is 4. The summed E-state index contributed by atoms with van der Waals surface area (Å²) < 4.78 is 2.63. The van der Waals surface area contributed by atoms with Crippen molar-refractivity contribution in [2.75, 3.05) is 0 Å². The van der Waals surface area contributed by atoms with Crippen molar-refractivity contribution in [2.24, 2.45) is 5.92 Å². The molecule has 0 aliphatic heterocycles. The van der Waals surface area contributed by atoms with Crippen LogP contribution in [0.5, 0.6) is 0 Å². The predicted octanol–water partition coefficient (Wildman–Crippen LogP) is 17.8. The van der Waals surface area contributed by atoms with Gasteiger partial charge in [-0.25, -0.2) is 0 Å². The Labute approximate surface area is 381 Å². The van der Waals surface area contributed by atoms with E-state index in [2.05, 4.69) is 211 Å². The lowest BCUT2D eigenvalue weighted by Gasteiger charge is -2.38. The number of rotatable bonds is 15. The monoisotopic (exact) mass is 860 g/mol. The van der Waals surface area contributed by atoms with E-state index < -0.39 is 16.1 Å². The maximum absolute atomic E-state index is 4.19. The number of nitrogens with zero attached hydrogens (tertiary/aromatic N) is 1. The van der Waals surface area contributed by atoms with E-state index in [1.54, 1.807) is 0 Å². The van der Waals surface area contributed by atoms with Crippen molar-refractivity contribution >= 4 is 38.0 Å². The third-order valence-electron chi connectivity index (χ3n) is 16.0. The molecule has 0 spiro atoms. The van der Waals surface area contributed by atoms with E-state index >= 15 is 0 Å². The van der Waals surface area contributed by atoms with E-state index in [0.29, 0.717) is 39.2 Å². The van der Waals surface area contributed by atoms with Gasteiger partial charge in [-0.2, -0.15) is 0 Å². The summed E-state index contributed by atoms with van der Waals surface area (Å²) in [5.74, 6) is 8.82. The molecule has 330 valence electrons. The normalized spacial score (nSPS) is 14.3. The first-order valence-corrected chi connectivity index (χ1v) is 29.1. The number of hydrogen-bond acceptors (Lipinski definition) is 0. The lowest BCUT2D eigenvalue weighted by Crippen LogP contribution is -2.43. The Morgan fingerprint density at radius 3 is 1.48 bits per heavy atom. The second kappa shape index (κ2) is 19.1. The van der Waals surface area contributed by atoms with Crippen molar-refractivity contribution in [1.29, 1.82) is 0 Å². The fraction of sp³-hybridized carbons (Fsp3) is 0.525. The number of aryl methyl sites for hydroxylation is 2. The number of hydrogen-bond donors (Lipinski definition) is 0. The molecule has 62 heavy (non-hydrogen) atoms. The molecule has 1 unspecified atom stereocenters. The Morgan fingerprint density at radius 1 is 0.532 bits per heavy atom. The first-order valence-electron chi connectivity index (χ1n) is 24.7. The largest absolute Gasteiger partial charge is 0.340 e. The minimum Gasteiger partial charge on any atom is -0.340 e. The van der Waals surface area contributed by atoms with Crippen LogP contribution in [-0.2, 0) is 12.0 Å². The molecule has 0 amide bonds. The lowest BCUT2D eigenvalue weighted by atomic mass is 9.72. The van der Waals surface area contributed by atoms with Gasteiger partial charge in [0, 0.05) is 46.6 Å². The number of aromatic nitrogens is 1. The van der Waals surface area contributed by atoms with Gasteiger partial charge in [-0.3, -0.25) is 0 Å². The highest BCUT2D eigenvalue weighted by Crippen LogP contribution is 2.54. The Morgan fingerprint density at radius 2 is 0.968 bits per heavy atom. The van der Waals surface area contributed by atoms with Gasteiger partial charge >= 0.3 is 0 Å². The summed E-state index contributed by atoms with van der Waals surface area (Å²) in [7, 11) is -3.92. The van der Waals surface area contributed by atoms with Gasteiger partial charge in [0.2, 0.25) is 0 Å². The summed E-state index contributed by atoms with van der Waals surface area (Å²) in [5, 5.41) is 2.74. The van der Waals surface area contributed by atoms with Gasteiger partial charge in [-0.05, 0) is 123 Å². The van der Waals surface area contributed by atoms with Crippen LogP contribution in [0.2, 0.25) is 33.2 Å². The molecule has 0 saturated carbocycles. The van der Waals surface area contributed by atoms with Gasteiger partial charge in [0.15, 0.2) is 0 Å². The van der Waals surface area contributed by atoms with Crippen LogP contribution in [0.25, 0.3) is 44.1 Å². The molecule has 4 aromatic carbocycles. The topological polar surface area (TPSA) is 4.93 Å². The molecule has 1 heterocycles. The van der Waals surface area contributed by atoms with Crippen LogP contribution in [0.15, 0.2) is 72.8 Å². The minimum absolute atomic E-state index is 0.326. The van der Waals surface area contributed by atoms with Crippen LogP contribution in [0.4, 0.5) is 0 Å². The quantitative estimate of drug-likeness (QED) is 0.0730. The number of unbranched alkanes of at least 4 members (excludes halogenated alkanes) is 1. The molecular formula is C59H81NSi2. The summed E-state index contributed by atoms with van der Waals surface area (Å²) >= 11 is 0. The molecule has 3 heteroatoms. The highest BCUT2D eigenvalue weighted by Gasteiger charge is 2.46. The van der Waals surface area contributed by atoms with Crippen molar-refractivity contribution in [3.63, 3.8) is 0 Å². The molecule has 0 radical (unpaired) electrons. The third kappa shape index (κ3) is 8.48. The predicted molar refractivity (Wildman–Crippen MR) is 281 cm³/mol. The van der Waals surface area contributed by atoms with Crippen LogP contribution in [0.1, 0.15) is 158 Å². The van der Waals surface area contributed by atoms with E-state index in [1.807, 2.05) is 0 Å². The summed E-state index contributed by atoms with van der Waals surface area (Å²) in [6.45, 7) is 39.5. The van der Waals surface area contributed by atoms with Crippen LogP contribution in [0, 0.1) is 42.7 Å². The lowest BCUT2D eigenvalue weighted by molar-refractivity contribution is 0.401. The zero-order chi connectivity index (χ0) is 45.3. The van der Waals surface area contributed by atoms with E-state index in [9.17, 15) is 0 Å². The van der Waals surface area contributed by atoms with Crippen LogP contribution < -0.4 is 0 Å². The molecule has 5 aromatic rings. The van der Waals surface area contributed by atoms with Gasteiger partial charge in [-0.1, -0.05) is 170 Å². The zero-order valence-corrected chi connectivity index (χ0v) is 43.9. The molecule has 0 N–H and O–H groups in total. The highest BCUT2D eigenvalue weighted by atomic mass is 28.3. The van der Waals surface area contributed by atoms with Crippen molar-refractivity contribution in [2.45, 2.75) is 195 Å². The molecule has 1 aliphatic rings. The Kier molecular flexibility index (Phi) is 14.7. The van der Waals surface area contributed by atoms with Crippen LogP contribution in [-0.4, -0.2) is 20.7 Å². The van der Waals surface area contributed by atoms with Crippen LogP contribution in [0.3, 0.4) is 0 Å². The van der Waals surface area contributed by atoms with E-state index in [4.69, 9.17) is 0 Å². The average Bonchev–Trinajstić information content (AvgIpc) is 3.66. The highest BCUT2D eigenvalue weighted by molar-refractivity contribution is 6.91. The third-order valence-corrected chi connectivity index (χ3v) is 28.7. The first-order chi connectivity index (χ1) is 29.4. The smallest absolute Gasteiger partial charge is 0.145 e. The standard InChI is InChI=1S/C59H81NSi2/c1-17-19-22-48(18-2)39-60-57-29-24-46(15)35-53(57)54-37-49(26-30-58(54)60)50-25-28-52-51-27-23-47(16)36-55(51)59(56(52)38-50,31-20-33-61(40(3)4,41(5)6)42(7)8)32-21-34-62(43(9)10,44(11)12)45(13)14/h23-30,35-38,40-45,48H,17-19,22,31-32,39H2,1-16H3. The molecule has 0 fully saturated rings. The summed E-state index contributed by atoms with van der Waals surface area (Å²) in [4.78, 5) is 0. The molecule has 0 bridgehead atoms. The average molecular weight is 860 g/mol. The Bertz CT molecular complexity index is 2400. The van der Waals surface area contributed by atoms with Gasteiger partial charge in [0.05, 0.1) is 0 Å². The molecule has 1 aliphatic carbocycles. The Hall–Kier alpha value is -3.77. The van der Waals surface area contributed by atoms with E-state index in [1.165, 1.54) is 92.0 Å². The van der Waals surface area contributed by atoms with Gasteiger partial charge in [0.25, 0.3) is 0 Å². The first kappa shape index (κ1) is 47.7. The van der Waals surface area contributed by atoms with Gasteiger partial charge in [0.1, 0.15) is 16.1 Å². The van der Waals surface area contributed by atoms with Crippen molar-refractivity contribution < 1.29 is 0 Å². The summed E-state index contributed by atoms with van der Waals surface area (Å²) in [6, 6.07) is 29.0. The summed E-state index contributed by atoms with van der Waals surface area (Å²) in [5.41, 5.74) is 25.1. The van der Waals surface area contributed by atoms with Gasteiger partial charge < -0.3 is 4.57 Å². The molecule has 0 saturated heterocycles. The SMILES string of the molecule is CCCCC(CC)Cn1c2ccc(C)cc2c2cc(-c3ccc4c(c3)C(CC#C[Si](C(C)C)(C(C)C)C(C)C)(CC#C[Si](C(C)C)(C(C)C)C(C)C)c3cc(C)ccc3-4)ccc21. The molecular weight excluding hydrogens is 779 g/mol. The number of fused-ring (bicyclic) bond motifs is 6.